The fraction of sp³-hybridized carbons (Fsp3) is 0.875. The quantitative estimate of drug-likeness (QED) is 0.210. The minimum absolute atomic E-state index is 0.299. The molecule has 0 saturated heterocycles. The van der Waals surface area contributed by atoms with Crippen molar-refractivity contribution in [1.82, 2.24) is 0 Å². The molecule has 0 aliphatic carbocycles. The Kier molecular flexibility index (Phi) is 8.94. The van der Waals surface area contributed by atoms with Crippen LogP contribution in [0.25, 0.3) is 0 Å². The molecule has 0 saturated carbocycles. The molecule has 0 aliphatic heterocycles. The molecule has 4 heteroatoms. The summed E-state index contributed by atoms with van der Waals surface area (Å²) in [7, 11) is -1.63. The van der Waals surface area contributed by atoms with E-state index < -0.39 is 26.7 Å². The molecule has 120 valence electrons. The average molecular weight is 517 g/mol. The van der Waals surface area contributed by atoms with Crippen molar-refractivity contribution in [3.05, 3.63) is 10.2 Å². The van der Waals surface area contributed by atoms with Crippen molar-refractivity contribution in [2.75, 3.05) is 11.0 Å². The van der Waals surface area contributed by atoms with E-state index in [4.69, 9.17) is 4.43 Å². The van der Waals surface area contributed by atoms with Gasteiger partial charge in [0.05, 0.1) is 0 Å². The Balaban J connectivity index is 4.80. The molecular formula is C16H35IOSiSn. The Morgan fingerprint density at radius 3 is 2.10 bits per heavy atom. The monoisotopic (exact) mass is 518 g/mol. The minimum atomic E-state index is -2.02. The van der Waals surface area contributed by atoms with Crippen molar-refractivity contribution < 1.29 is 4.43 Å². The Bertz CT molecular complexity index is 315. The second-order valence-corrected chi connectivity index (χ2v) is 28.9. The SMILES string of the molecule is C=[C]([C@H](CCCI)CO[Si](C)(C)C(C)(C)C)[Sn]([CH3])([CH3])[CH3]. The summed E-state index contributed by atoms with van der Waals surface area (Å²) in [6, 6.07) is 0. The van der Waals surface area contributed by atoms with Crippen LogP contribution in [-0.2, 0) is 4.43 Å². The first-order valence-corrected chi connectivity index (χ1v) is 22.1. The van der Waals surface area contributed by atoms with Crippen molar-refractivity contribution in [2.24, 2.45) is 5.92 Å². The summed E-state index contributed by atoms with van der Waals surface area (Å²) in [5.74, 6) is 0.592. The van der Waals surface area contributed by atoms with Crippen LogP contribution in [0.5, 0.6) is 0 Å². The normalized spacial score (nSPS) is 15.2. The Hall–Kier alpha value is 1.45. The molecule has 0 N–H and O–H groups in total. The number of halogens is 1. The van der Waals surface area contributed by atoms with Gasteiger partial charge >= 0.3 is 147 Å². The van der Waals surface area contributed by atoms with Crippen molar-refractivity contribution >= 4 is 49.3 Å². The van der Waals surface area contributed by atoms with Crippen LogP contribution in [-0.4, -0.2) is 37.7 Å². The van der Waals surface area contributed by atoms with E-state index in [1.165, 1.54) is 17.3 Å². The molecule has 0 bridgehead atoms. The molecule has 0 unspecified atom stereocenters. The molecule has 0 aromatic carbocycles. The molecule has 0 aromatic rings. The van der Waals surface area contributed by atoms with Gasteiger partial charge in [-0.3, -0.25) is 0 Å². The molecule has 0 spiro atoms. The van der Waals surface area contributed by atoms with Crippen molar-refractivity contribution in [3.8, 4) is 0 Å². The zero-order chi connectivity index (χ0) is 16.2. The average Bonchev–Trinajstić information content (AvgIpc) is 2.25. The molecule has 1 atom stereocenters. The molecule has 0 radical (unpaired) electrons. The first-order chi connectivity index (χ1) is 8.83. The Morgan fingerprint density at radius 1 is 1.25 bits per heavy atom. The number of rotatable bonds is 8. The summed E-state index contributed by atoms with van der Waals surface area (Å²) >= 11 is 0.458. The number of alkyl halides is 1. The van der Waals surface area contributed by atoms with E-state index in [1.54, 1.807) is 3.59 Å². The molecule has 20 heavy (non-hydrogen) atoms. The molecule has 1 nitrogen and oxygen atoms in total. The Labute approximate surface area is 146 Å². The van der Waals surface area contributed by atoms with Gasteiger partial charge in [-0.2, -0.15) is 0 Å². The zero-order valence-corrected chi connectivity index (χ0v) is 20.9. The van der Waals surface area contributed by atoms with E-state index in [2.05, 4.69) is 77.9 Å². The van der Waals surface area contributed by atoms with Gasteiger partial charge in [0.15, 0.2) is 0 Å². The topological polar surface area (TPSA) is 9.23 Å². The van der Waals surface area contributed by atoms with E-state index in [0.717, 1.165) is 6.61 Å². The second kappa shape index (κ2) is 8.34. The fourth-order valence-corrected chi connectivity index (χ4v) is 7.46. The third-order valence-electron chi connectivity index (χ3n) is 4.59. The zero-order valence-electron chi connectivity index (χ0n) is 14.9. The standard InChI is InChI=1S/C13H26IOSi.3CH3.Sn/c1-7-12(9-8-10-14)11-15-16(5,6)13(2,3)4;;;;/h12H,1,8-11H2,2-6H3;3*1H3;/t12-;;;;/m1..../s1. The van der Waals surface area contributed by atoms with E-state index in [-0.39, 0.29) is 0 Å². The van der Waals surface area contributed by atoms with Crippen molar-refractivity contribution in [1.29, 1.82) is 0 Å². The third kappa shape index (κ3) is 7.14. The first kappa shape index (κ1) is 21.4. The first-order valence-electron chi connectivity index (χ1n) is 7.72. The molecule has 0 aromatic heterocycles. The van der Waals surface area contributed by atoms with Crippen LogP contribution in [0.15, 0.2) is 10.2 Å². The Morgan fingerprint density at radius 2 is 1.75 bits per heavy atom. The molecule has 0 aliphatic rings. The van der Waals surface area contributed by atoms with Crippen LogP contribution >= 0.6 is 22.6 Å². The number of hydrogen-bond donors (Lipinski definition) is 0. The molecule has 0 amide bonds. The summed E-state index contributed by atoms with van der Waals surface area (Å²) in [6.45, 7) is 17.0. The van der Waals surface area contributed by atoms with Gasteiger partial charge < -0.3 is 0 Å². The molecule has 0 fully saturated rings. The van der Waals surface area contributed by atoms with Gasteiger partial charge in [-0.05, 0) is 0 Å². The van der Waals surface area contributed by atoms with Crippen LogP contribution < -0.4 is 0 Å². The van der Waals surface area contributed by atoms with Gasteiger partial charge in [-0.15, -0.1) is 0 Å². The summed E-state index contributed by atoms with van der Waals surface area (Å²) in [5.41, 5.74) is 0. The third-order valence-corrected chi connectivity index (χ3v) is 16.5. The van der Waals surface area contributed by atoms with Crippen LogP contribution in [0.4, 0.5) is 0 Å². The maximum absolute atomic E-state index is 6.48. The van der Waals surface area contributed by atoms with Crippen LogP contribution in [0.3, 0.4) is 0 Å². The van der Waals surface area contributed by atoms with Crippen LogP contribution in [0.2, 0.25) is 33.0 Å². The summed E-state index contributed by atoms with van der Waals surface area (Å²) in [4.78, 5) is 7.42. The molecular weight excluding hydrogens is 482 g/mol. The fourth-order valence-electron chi connectivity index (χ4n) is 1.82. The van der Waals surface area contributed by atoms with E-state index in [0.29, 0.717) is 11.0 Å². The van der Waals surface area contributed by atoms with Gasteiger partial charge in [0.1, 0.15) is 0 Å². The molecule has 0 rings (SSSR count). The van der Waals surface area contributed by atoms with Crippen LogP contribution in [0.1, 0.15) is 33.6 Å². The molecule has 0 heterocycles. The summed E-state index contributed by atoms with van der Waals surface area (Å²) in [5, 5.41) is 0.299. The summed E-state index contributed by atoms with van der Waals surface area (Å²) < 4.78 is 9.27. The number of hydrogen-bond acceptors (Lipinski definition) is 1. The van der Waals surface area contributed by atoms with E-state index in [9.17, 15) is 0 Å². The van der Waals surface area contributed by atoms with Crippen LogP contribution in [0, 0.1) is 5.92 Å². The van der Waals surface area contributed by atoms with Crippen molar-refractivity contribution in [2.45, 2.75) is 66.6 Å². The van der Waals surface area contributed by atoms with Gasteiger partial charge in [0, 0.05) is 0 Å². The van der Waals surface area contributed by atoms with E-state index >= 15 is 0 Å². The van der Waals surface area contributed by atoms with Gasteiger partial charge in [0.2, 0.25) is 0 Å². The second-order valence-electron chi connectivity index (χ2n) is 8.37. The van der Waals surface area contributed by atoms with Gasteiger partial charge in [0.25, 0.3) is 0 Å². The predicted octanol–water partition coefficient (Wildman–Crippen LogP) is 6.27. The summed E-state index contributed by atoms with van der Waals surface area (Å²) in [6.07, 6.45) is 2.54. The van der Waals surface area contributed by atoms with Crippen molar-refractivity contribution in [3.63, 3.8) is 0 Å². The van der Waals surface area contributed by atoms with E-state index in [1.807, 2.05) is 0 Å². The predicted molar refractivity (Wildman–Crippen MR) is 107 cm³/mol. The van der Waals surface area contributed by atoms with Gasteiger partial charge in [-0.1, -0.05) is 0 Å². The maximum atomic E-state index is 6.48. The van der Waals surface area contributed by atoms with Gasteiger partial charge in [-0.25, -0.2) is 0 Å².